The highest BCUT2D eigenvalue weighted by atomic mass is 32.2. The molecule has 1 saturated heterocycles. The molecule has 1 amide bonds. The molecule has 0 atom stereocenters. The lowest BCUT2D eigenvalue weighted by molar-refractivity contribution is -0.118. The SMILES string of the molecule is COc1ccc(OCC(=O)Nc2ccc(S(=O)(=O)/N=C3/CCCN3C)cc2)cc1. The molecule has 1 aliphatic heterocycles. The van der Waals surface area contributed by atoms with Gasteiger partial charge in [0.05, 0.1) is 12.0 Å². The zero-order chi connectivity index (χ0) is 20.9. The molecule has 9 heteroatoms. The Labute approximate surface area is 170 Å². The number of amidine groups is 1. The van der Waals surface area contributed by atoms with Gasteiger partial charge in [-0.1, -0.05) is 0 Å². The van der Waals surface area contributed by atoms with E-state index < -0.39 is 10.0 Å². The average molecular weight is 417 g/mol. The van der Waals surface area contributed by atoms with E-state index in [9.17, 15) is 13.2 Å². The molecule has 0 saturated carbocycles. The van der Waals surface area contributed by atoms with Crippen LogP contribution in [0.5, 0.6) is 11.5 Å². The second-order valence-electron chi connectivity index (χ2n) is 6.54. The number of methoxy groups -OCH3 is 1. The van der Waals surface area contributed by atoms with Crippen LogP contribution in [-0.4, -0.2) is 52.4 Å². The lowest BCUT2D eigenvalue weighted by Crippen LogP contribution is -2.20. The fourth-order valence-corrected chi connectivity index (χ4v) is 3.92. The number of nitrogens with zero attached hydrogens (tertiary/aromatic N) is 2. The van der Waals surface area contributed by atoms with Gasteiger partial charge in [-0.3, -0.25) is 4.79 Å². The van der Waals surface area contributed by atoms with E-state index >= 15 is 0 Å². The van der Waals surface area contributed by atoms with Gasteiger partial charge in [-0.2, -0.15) is 8.42 Å². The Hall–Kier alpha value is -3.07. The molecule has 154 valence electrons. The largest absolute Gasteiger partial charge is 0.497 e. The minimum Gasteiger partial charge on any atom is -0.497 e. The van der Waals surface area contributed by atoms with Crippen molar-refractivity contribution in [3.05, 3.63) is 48.5 Å². The molecule has 0 unspecified atom stereocenters. The number of hydrogen-bond donors (Lipinski definition) is 1. The maximum absolute atomic E-state index is 12.4. The van der Waals surface area contributed by atoms with Crippen LogP contribution >= 0.6 is 0 Å². The van der Waals surface area contributed by atoms with Crippen LogP contribution in [0.2, 0.25) is 0 Å². The summed E-state index contributed by atoms with van der Waals surface area (Å²) in [5.74, 6) is 1.45. The Morgan fingerprint density at radius 1 is 1.10 bits per heavy atom. The van der Waals surface area contributed by atoms with Crippen molar-refractivity contribution in [3.63, 3.8) is 0 Å². The Bertz CT molecular complexity index is 986. The van der Waals surface area contributed by atoms with Crippen molar-refractivity contribution in [2.45, 2.75) is 17.7 Å². The number of benzene rings is 2. The van der Waals surface area contributed by atoms with Crippen molar-refractivity contribution in [2.75, 3.05) is 32.6 Å². The van der Waals surface area contributed by atoms with Crippen molar-refractivity contribution in [1.29, 1.82) is 0 Å². The molecule has 0 aliphatic carbocycles. The first-order chi connectivity index (χ1) is 13.9. The van der Waals surface area contributed by atoms with Crippen LogP contribution in [0.1, 0.15) is 12.8 Å². The molecule has 2 aromatic rings. The Balaban J connectivity index is 1.57. The number of rotatable bonds is 7. The number of sulfonamides is 1. The molecular formula is C20H23N3O5S. The van der Waals surface area contributed by atoms with Crippen molar-refractivity contribution in [2.24, 2.45) is 4.40 Å². The second kappa shape index (κ2) is 8.95. The molecule has 0 radical (unpaired) electrons. The van der Waals surface area contributed by atoms with Gasteiger partial charge in [-0.25, -0.2) is 0 Å². The molecule has 1 fully saturated rings. The molecule has 8 nitrogen and oxygen atoms in total. The summed E-state index contributed by atoms with van der Waals surface area (Å²) in [6.07, 6.45) is 1.55. The van der Waals surface area contributed by atoms with Gasteiger partial charge in [0.25, 0.3) is 15.9 Å². The van der Waals surface area contributed by atoms with Crippen molar-refractivity contribution >= 4 is 27.5 Å². The number of ether oxygens (including phenoxy) is 2. The van der Waals surface area contributed by atoms with Crippen LogP contribution < -0.4 is 14.8 Å². The minimum absolute atomic E-state index is 0.0813. The van der Waals surface area contributed by atoms with Gasteiger partial charge in [-0.05, 0) is 55.0 Å². The maximum atomic E-state index is 12.4. The van der Waals surface area contributed by atoms with E-state index in [1.165, 1.54) is 24.3 Å². The molecule has 1 heterocycles. The smallest absolute Gasteiger partial charge is 0.283 e. The van der Waals surface area contributed by atoms with Crippen molar-refractivity contribution < 1.29 is 22.7 Å². The number of hydrogen-bond acceptors (Lipinski definition) is 5. The van der Waals surface area contributed by atoms with Gasteiger partial charge >= 0.3 is 0 Å². The van der Waals surface area contributed by atoms with Crippen LogP contribution in [0.15, 0.2) is 57.8 Å². The highest BCUT2D eigenvalue weighted by Crippen LogP contribution is 2.20. The molecule has 1 N–H and O–H groups in total. The first-order valence-corrected chi connectivity index (χ1v) is 10.5. The van der Waals surface area contributed by atoms with E-state index in [1.807, 2.05) is 11.9 Å². The number of nitrogens with one attached hydrogen (secondary N) is 1. The molecule has 1 aliphatic rings. The van der Waals surface area contributed by atoms with E-state index in [4.69, 9.17) is 9.47 Å². The van der Waals surface area contributed by atoms with Crippen LogP contribution in [0.25, 0.3) is 0 Å². The highest BCUT2D eigenvalue weighted by molar-refractivity contribution is 7.90. The number of anilines is 1. The summed E-state index contributed by atoms with van der Waals surface area (Å²) in [6.45, 7) is 0.629. The molecule has 0 aromatic heterocycles. The Kier molecular flexibility index (Phi) is 6.38. The summed E-state index contributed by atoms with van der Waals surface area (Å²) in [5, 5.41) is 2.67. The lowest BCUT2D eigenvalue weighted by Gasteiger charge is -2.11. The zero-order valence-corrected chi connectivity index (χ0v) is 17.1. The van der Waals surface area contributed by atoms with E-state index in [2.05, 4.69) is 9.71 Å². The summed E-state index contributed by atoms with van der Waals surface area (Å²) >= 11 is 0. The number of carbonyl (C=O) groups is 1. The summed E-state index contributed by atoms with van der Waals surface area (Å²) in [4.78, 5) is 14.0. The van der Waals surface area contributed by atoms with Gasteiger partial charge < -0.3 is 19.7 Å². The standard InChI is InChI=1S/C20H23N3O5S/c1-23-13-3-4-19(23)22-29(25,26)18-11-5-15(6-12-18)21-20(24)14-28-17-9-7-16(27-2)8-10-17/h5-12H,3-4,13-14H2,1-2H3,(H,21,24)/b22-19-. The van der Waals surface area contributed by atoms with Crippen molar-refractivity contribution in [1.82, 2.24) is 4.90 Å². The normalized spacial score (nSPS) is 15.4. The van der Waals surface area contributed by atoms with Crippen LogP contribution in [0.4, 0.5) is 5.69 Å². The third kappa shape index (κ3) is 5.47. The van der Waals surface area contributed by atoms with E-state index in [0.717, 1.165) is 13.0 Å². The number of carbonyl (C=O) groups excluding carboxylic acids is 1. The Morgan fingerprint density at radius 2 is 1.76 bits per heavy atom. The topological polar surface area (TPSA) is 97.3 Å². The van der Waals surface area contributed by atoms with E-state index in [1.54, 1.807) is 31.4 Å². The highest BCUT2D eigenvalue weighted by Gasteiger charge is 2.20. The maximum Gasteiger partial charge on any atom is 0.283 e. The fourth-order valence-electron chi connectivity index (χ4n) is 2.83. The molecule has 3 rings (SSSR count). The lowest BCUT2D eigenvalue weighted by atomic mass is 10.3. The Morgan fingerprint density at radius 3 is 2.34 bits per heavy atom. The van der Waals surface area contributed by atoms with Gasteiger partial charge in [0.15, 0.2) is 6.61 Å². The van der Waals surface area contributed by atoms with Gasteiger partial charge in [0, 0.05) is 25.7 Å². The third-order valence-corrected chi connectivity index (χ3v) is 5.74. The predicted molar refractivity (Wildman–Crippen MR) is 110 cm³/mol. The first kappa shape index (κ1) is 20.7. The summed E-state index contributed by atoms with van der Waals surface area (Å²) < 4.78 is 39.3. The summed E-state index contributed by atoms with van der Waals surface area (Å²) in [6, 6.07) is 12.8. The molecular weight excluding hydrogens is 394 g/mol. The van der Waals surface area contributed by atoms with Gasteiger partial charge in [0.2, 0.25) is 0 Å². The molecule has 2 aromatic carbocycles. The monoisotopic (exact) mass is 417 g/mol. The second-order valence-corrected chi connectivity index (χ2v) is 8.15. The van der Waals surface area contributed by atoms with Crippen LogP contribution in [0.3, 0.4) is 0 Å². The van der Waals surface area contributed by atoms with Crippen molar-refractivity contribution in [3.8, 4) is 11.5 Å². The summed E-state index contributed by atoms with van der Waals surface area (Å²) in [5.41, 5.74) is 0.470. The summed E-state index contributed by atoms with van der Waals surface area (Å²) in [7, 11) is -0.378. The minimum atomic E-state index is -3.78. The third-order valence-electron chi connectivity index (χ3n) is 4.43. The molecule has 29 heavy (non-hydrogen) atoms. The quantitative estimate of drug-likeness (QED) is 0.744. The number of likely N-dealkylation sites (tertiary alicyclic amines) is 1. The molecule has 0 spiro atoms. The van der Waals surface area contributed by atoms with Crippen LogP contribution in [-0.2, 0) is 14.8 Å². The van der Waals surface area contributed by atoms with Gasteiger partial charge in [-0.15, -0.1) is 4.40 Å². The zero-order valence-electron chi connectivity index (χ0n) is 16.3. The van der Waals surface area contributed by atoms with Gasteiger partial charge in [0.1, 0.15) is 17.3 Å². The predicted octanol–water partition coefficient (Wildman–Crippen LogP) is 2.53. The number of amides is 1. The fraction of sp³-hybridized carbons (Fsp3) is 0.300. The molecule has 0 bridgehead atoms. The van der Waals surface area contributed by atoms with E-state index in [0.29, 0.717) is 29.4 Å². The average Bonchev–Trinajstić information content (AvgIpc) is 3.11. The van der Waals surface area contributed by atoms with E-state index in [-0.39, 0.29) is 17.4 Å². The first-order valence-electron chi connectivity index (χ1n) is 9.09. The van der Waals surface area contributed by atoms with Crippen LogP contribution in [0, 0.1) is 0 Å².